The second-order valence-corrected chi connectivity index (χ2v) is 8.01. The van der Waals surface area contributed by atoms with Gasteiger partial charge in [0.15, 0.2) is 5.13 Å². The first-order valence-electron chi connectivity index (χ1n) is 8.91. The lowest BCUT2D eigenvalue weighted by Crippen LogP contribution is -2.48. The highest BCUT2D eigenvalue weighted by Gasteiger charge is 2.26. The smallest absolute Gasteiger partial charge is 0.257 e. The number of carbonyl (C=O) groups is 1. The van der Waals surface area contributed by atoms with Gasteiger partial charge in [-0.2, -0.15) is 0 Å². The van der Waals surface area contributed by atoms with Gasteiger partial charge in [0.25, 0.3) is 5.91 Å². The average Bonchev–Trinajstić information content (AvgIpc) is 3.17. The standard InChI is InChI=1S/C20H23N3O2S/c1-12-9-13(2)18-17(10-12)21-20(26-18)23-7-5-22(6-8-23)19(24)16-11-14(3)25-15(16)4/h9-11H,5-8H2,1-4H3. The zero-order valence-corrected chi connectivity index (χ0v) is 16.4. The van der Waals surface area contributed by atoms with Gasteiger partial charge in [0.05, 0.1) is 15.8 Å². The fourth-order valence-corrected chi connectivity index (χ4v) is 4.68. The number of hydrogen-bond acceptors (Lipinski definition) is 5. The average molecular weight is 369 g/mol. The van der Waals surface area contributed by atoms with Gasteiger partial charge in [-0.05, 0) is 51.0 Å². The topological polar surface area (TPSA) is 49.6 Å². The number of hydrogen-bond donors (Lipinski definition) is 0. The summed E-state index contributed by atoms with van der Waals surface area (Å²) in [5.41, 5.74) is 4.28. The number of piperazine rings is 1. The van der Waals surface area contributed by atoms with Gasteiger partial charge in [-0.1, -0.05) is 17.4 Å². The molecule has 6 heteroatoms. The highest BCUT2D eigenvalue weighted by Crippen LogP contribution is 2.32. The Hall–Kier alpha value is -2.34. The normalized spacial score (nSPS) is 15.1. The molecule has 1 amide bonds. The van der Waals surface area contributed by atoms with Crippen LogP contribution in [0.4, 0.5) is 5.13 Å². The molecule has 0 spiro atoms. The van der Waals surface area contributed by atoms with Crippen LogP contribution in [0, 0.1) is 27.7 Å². The van der Waals surface area contributed by atoms with E-state index >= 15 is 0 Å². The molecule has 0 atom stereocenters. The molecule has 3 heterocycles. The molecule has 1 aliphatic heterocycles. The van der Waals surface area contributed by atoms with Crippen LogP contribution in [-0.4, -0.2) is 42.0 Å². The zero-order valence-electron chi connectivity index (χ0n) is 15.6. The molecule has 1 saturated heterocycles. The third kappa shape index (κ3) is 2.98. The summed E-state index contributed by atoms with van der Waals surface area (Å²) in [6.07, 6.45) is 0. The third-order valence-electron chi connectivity index (χ3n) is 4.92. The molecule has 0 saturated carbocycles. The number of amides is 1. The van der Waals surface area contributed by atoms with Gasteiger partial charge in [0, 0.05) is 26.2 Å². The predicted molar refractivity (Wildman–Crippen MR) is 105 cm³/mol. The minimum Gasteiger partial charge on any atom is -0.466 e. The van der Waals surface area contributed by atoms with E-state index in [2.05, 4.69) is 30.9 Å². The predicted octanol–water partition coefficient (Wildman–Crippen LogP) is 4.09. The van der Waals surface area contributed by atoms with Crippen LogP contribution in [0.3, 0.4) is 0 Å². The Labute approximate surface area is 157 Å². The summed E-state index contributed by atoms with van der Waals surface area (Å²) in [6, 6.07) is 6.19. The van der Waals surface area contributed by atoms with Crippen molar-refractivity contribution in [2.24, 2.45) is 0 Å². The van der Waals surface area contributed by atoms with Crippen LogP contribution in [0.5, 0.6) is 0 Å². The lowest BCUT2D eigenvalue weighted by atomic mass is 10.1. The zero-order chi connectivity index (χ0) is 18.4. The highest BCUT2D eigenvalue weighted by atomic mass is 32.1. The SMILES string of the molecule is Cc1cc(C)c2sc(N3CCN(C(=O)c4cc(C)oc4C)CC3)nc2c1. The van der Waals surface area contributed by atoms with E-state index < -0.39 is 0 Å². The second kappa shape index (κ2) is 6.43. The van der Waals surface area contributed by atoms with Crippen molar-refractivity contribution in [2.45, 2.75) is 27.7 Å². The van der Waals surface area contributed by atoms with Crippen molar-refractivity contribution in [3.8, 4) is 0 Å². The number of carbonyl (C=O) groups excluding carboxylic acids is 1. The number of anilines is 1. The molecule has 5 nitrogen and oxygen atoms in total. The molecule has 0 aliphatic carbocycles. The molecule has 3 aromatic rings. The lowest BCUT2D eigenvalue weighted by Gasteiger charge is -2.34. The maximum absolute atomic E-state index is 12.7. The maximum Gasteiger partial charge on any atom is 0.257 e. The van der Waals surface area contributed by atoms with Gasteiger partial charge in [-0.25, -0.2) is 4.98 Å². The molecule has 26 heavy (non-hydrogen) atoms. The molecular formula is C20H23N3O2S. The van der Waals surface area contributed by atoms with Gasteiger partial charge in [0.1, 0.15) is 11.5 Å². The minimum atomic E-state index is 0.0646. The Kier molecular flexibility index (Phi) is 4.23. The summed E-state index contributed by atoms with van der Waals surface area (Å²) < 4.78 is 6.76. The van der Waals surface area contributed by atoms with Gasteiger partial charge >= 0.3 is 0 Å². The van der Waals surface area contributed by atoms with Crippen LogP contribution in [0.25, 0.3) is 10.2 Å². The fourth-order valence-electron chi connectivity index (χ4n) is 3.61. The summed E-state index contributed by atoms with van der Waals surface area (Å²) in [7, 11) is 0. The molecule has 0 bridgehead atoms. The molecule has 1 aliphatic rings. The molecule has 0 N–H and O–H groups in total. The lowest BCUT2D eigenvalue weighted by molar-refractivity contribution is 0.0745. The van der Waals surface area contributed by atoms with E-state index in [1.165, 1.54) is 15.8 Å². The van der Waals surface area contributed by atoms with Crippen molar-refractivity contribution in [1.29, 1.82) is 0 Å². The number of furan rings is 1. The summed E-state index contributed by atoms with van der Waals surface area (Å²) in [4.78, 5) is 21.8. The van der Waals surface area contributed by atoms with Crippen LogP contribution in [0.1, 0.15) is 33.0 Å². The molecule has 4 rings (SSSR count). The summed E-state index contributed by atoms with van der Waals surface area (Å²) in [6.45, 7) is 11.0. The van der Waals surface area contributed by atoms with Gasteiger partial charge in [-0.15, -0.1) is 0 Å². The first-order chi connectivity index (χ1) is 12.4. The molecule has 1 aromatic carbocycles. The van der Waals surface area contributed by atoms with E-state index in [-0.39, 0.29) is 5.91 Å². The number of aromatic nitrogens is 1. The van der Waals surface area contributed by atoms with E-state index in [0.29, 0.717) is 24.4 Å². The quantitative estimate of drug-likeness (QED) is 0.683. The van der Waals surface area contributed by atoms with Crippen molar-refractivity contribution < 1.29 is 9.21 Å². The van der Waals surface area contributed by atoms with Gasteiger partial charge in [0.2, 0.25) is 0 Å². The van der Waals surface area contributed by atoms with Gasteiger partial charge < -0.3 is 14.2 Å². The maximum atomic E-state index is 12.7. The van der Waals surface area contributed by atoms with Crippen molar-refractivity contribution in [2.75, 3.05) is 31.1 Å². The first kappa shape index (κ1) is 17.1. The van der Waals surface area contributed by atoms with Crippen LogP contribution in [-0.2, 0) is 0 Å². The molecular weight excluding hydrogens is 346 g/mol. The van der Waals surface area contributed by atoms with E-state index in [1.807, 2.05) is 24.8 Å². The number of aryl methyl sites for hydroxylation is 4. The van der Waals surface area contributed by atoms with Crippen LogP contribution in [0.2, 0.25) is 0 Å². The van der Waals surface area contributed by atoms with Crippen LogP contribution in [0.15, 0.2) is 22.6 Å². The Morgan fingerprint density at radius 1 is 1.08 bits per heavy atom. The fraction of sp³-hybridized carbons (Fsp3) is 0.400. The molecule has 0 unspecified atom stereocenters. The largest absolute Gasteiger partial charge is 0.466 e. The Bertz CT molecular complexity index is 981. The monoisotopic (exact) mass is 369 g/mol. The Morgan fingerprint density at radius 2 is 1.81 bits per heavy atom. The highest BCUT2D eigenvalue weighted by molar-refractivity contribution is 7.22. The second-order valence-electron chi connectivity index (χ2n) is 7.03. The number of rotatable bonds is 2. The molecule has 2 aromatic heterocycles. The third-order valence-corrected chi connectivity index (χ3v) is 6.18. The Morgan fingerprint density at radius 3 is 2.46 bits per heavy atom. The van der Waals surface area contributed by atoms with Crippen LogP contribution >= 0.6 is 11.3 Å². The summed E-state index contributed by atoms with van der Waals surface area (Å²) in [5, 5.41) is 1.05. The molecule has 0 radical (unpaired) electrons. The van der Waals surface area contributed by atoms with E-state index in [4.69, 9.17) is 9.40 Å². The number of fused-ring (bicyclic) bond motifs is 1. The van der Waals surface area contributed by atoms with Gasteiger partial charge in [-0.3, -0.25) is 4.79 Å². The Balaban J connectivity index is 1.49. The van der Waals surface area contributed by atoms with Crippen molar-refractivity contribution in [3.63, 3.8) is 0 Å². The van der Waals surface area contributed by atoms with Crippen LogP contribution < -0.4 is 4.90 Å². The molecule has 136 valence electrons. The van der Waals surface area contributed by atoms with Crippen molar-refractivity contribution in [3.05, 3.63) is 46.4 Å². The summed E-state index contributed by atoms with van der Waals surface area (Å²) in [5.74, 6) is 1.55. The number of nitrogens with zero attached hydrogens (tertiary/aromatic N) is 3. The van der Waals surface area contributed by atoms with E-state index in [0.717, 1.165) is 29.5 Å². The number of thiazole rings is 1. The van der Waals surface area contributed by atoms with E-state index in [1.54, 1.807) is 11.3 Å². The first-order valence-corrected chi connectivity index (χ1v) is 9.73. The minimum absolute atomic E-state index is 0.0646. The van der Waals surface area contributed by atoms with Crippen molar-refractivity contribution in [1.82, 2.24) is 9.88 Å². The summed E-state index contributed by atoms with van der Waals surface area (Å²) >= 11 is 1.75. The number of benzene rings is 1. The van der Waals surface area contributed by atoms with E-state index in [9.17, 15) is 4.79 Å². The molecule has 1 fully saturated rings. The van der Waals surface area contributed by atoms with Crippen molar-refractivity contribution >= 4 is 32.6 Å².